The highest BCUT2D eigenvalue weighted by molar-refractivity contribution is 6.16. The molecule has 0 N–H and O–H groups in total. The Labute approximate surface area is 136 Å². The Bertz CT molecular complexity index is 890. The fourth-order valence-electron chi connectivity index (χ4n) is 2.44. The van der Waals surface area contributed by atoms with Crippen molar-refractivity contribution in [2.24, 2.45) is 0 Å². The molecule has 0 spiro atoms. The number of aromatic nitrogens is 3. The van der Waals surface area contributed by atoms with Gasteiger partial charge in [-0.3, -0.25) is 0 Å². The summed E-state index contributed by atoms with van der Waals surface area (Å²) in [5, 5.41) is 4.26. The molecule has 0 saturated heterocycles. The predicted molar refractivity (Wildman–Crippen MR) is 84.0 cm³/mol. The van der Waals surface area contributed by atoms with Crippen LogP contribution in [0.2, 0.25) is 0 Å². The van der Waals surface area contributed by atoms with Crippen molar-refractivity contribution >= 4 is 23.2 Å². The molecule has 5 nitrogen and oxygen atoms in total. The van der Waals surface area contributed by atoms with Crippen molar-refractivity contribution in [2.45, 2.75) is 12.8 Å². The number of hydrogen-bond acceptors (Lipinski definition) is 4. The second kappa shape index (κ2) is 5.96. The summed E-state index contributed by atoms with van der Waals surface area (Å²) in [6, 6.07) is 7.67. The van der Waals surface area contributed by atoms with Crippen LogP contribution in [0.5, 0.6) is 0 Å². The van der Waals surface area contributed by atoms with Gasteiger partial charge in [-0.1, -0.05) is 12.1 Å². The lowest BCUT2D eigenvalue weighted by Gasteiger charge is -2.11. The molecule has 0 saturated carbocycles. The minimum atomic E-state index is -0.539. The summed E-state index contributed by atoms with van der Waals surface area (Å²) >= 11 is 5.79. The Kier molecular flexibility index (Phi) is 4.00. The van der Waals surface area contributed by atoms with E-state index in [1.165, 1.54) is 19.2 Å². The number of esters is 1. The van der Waals surface area contributed by atoms with Crippen molar-refractivity contribution in [3.63, 3.8) is 0 Å². The van der Waals surface area contributed by atoms with Gasteiger partial charge in [0.2, 0.25) is 0 Å². The molecule has 3 aromatic rings. The number of rotatable bonds is 3. The molecular formula is C16H13ClFN3O2. The lowest BCUT2D eigenvalue weighted by atomic mass is 10.00. The zero-order valence-electron chi connectivity index (χ0n) is 12.5. The van der Waals surface area contributed by atoms with Gasteiger partial charge in [-0.05, 0) is 30.7 Å². The molecule has 0 amide bonds. The van der Waals surface area contributed by atoms with Gasteiger partial charge in [0.25, 0.3) is 0 Å². The van der Waals surface area contributed by atoms with Crippen molar-refractivity contribution in [3.05, 3.63) is 53.2 Å². The number of ether oxygens (including phenoxy) is 1. The molecule has 0 aliphatic carbocycles. The number of fused-ring (bicyclic) bond motifs is 1. The van der Waals surface area contributed by atoms with E-state index in [2.05, 4.69) is 10.1 Å². The largest absolute Gasteiger partial charge is 0.465 e. The van der Waals surface area contributed by atoms with Gasteiger partial charge in [-0.2, -0.15) is 0 Å². The molecule has 7 heteroatoms. The van der Waals surface area contributed by atoms with Crippen LogP contribution in [0.1, 0.15) is 21.9 Å². The smallest absolute Gasteiger partial charge is 0.342 e. The molecule has 3 rings (SSSR count). The summed E-state index contributed by atoms with van der Waals surface area (Å²) in [4.78, 5) is 16.6. The molecule has 0 unspecified atom stereocenters. The number of hydrogen-bond donors (Lipinski definition) is 0. The first kappa shape index (κ1) is 15.4. The fraction of sp³-hybridized carbons (Fsp3) is 0.188. The Morgan fingerprint density at radius 3 is 2.65 bits per heavy atom. The number of carbonyl (C=O) groups is 1. The van der Waals surface area contributed by atoms with E-state index in [1.54, 1.807) is 22.7 Å². The van der Waals surface area contributed by atoms with Crippen LogP contribution in [0.4, 0.5) is 4.39 Å². The van der Waals surface area contributed by atoms with Crippen molar-refractivity contribution in [2.75, 3.05) is 7.11 Å². The zero-order chi connectivity index (χ0) is 16.6. The number of halogens is 2. The minimum absolute atomic E-state index is 0.133. The maximum absolute atomic E-state index is 13.2. The average Bonchev–Trinajstić information content (AvgIpc) is 2.99. The summed E-state index contributed by atoms with van der Waals surface area (Å²) in [7, 11) is 1.30. The number of aryl methyl sites for hydroxylation is 1. The quantitative estimate of drug-likeness (QED) is 0.544. The van der Waals surface area contributed by atoms with Gasteiger partial charge < -0.3 is 4.74 Å². The number of benzene rings is 1. The van der Waals surface area contributed by atoms with Crippen LogP contribution in [-0.2, 0) is 10.6 Å². The first-order chi connectivity index (χ1) is 11.0. The van der Waals surface area contributed by atoms with Crippen LogP contribution < -0.4 is 0 Å². The van der Waals surface area contributed by atoms with Crippen LogP contribution in [-0.4, -0.2) is 27.7 Å². The fourth-order valence-corrected chi connectivity index (χ4v) is 2.56. The van der Waals surface area contributed by atoms with E-state index in [9.17, 15) is 9.18 Å². The van der Waals surface area contributed by atoms with Gasteiger partial charge >= 0.3 is 5.97 Å². The molecule has 23 heavy (non-hydrogen) atoms. The second-order valence-corrected chi connectivity index (χ2v) is 5.24. The SMILES string of the molecule is COC(=O)c1c(-c2ccc(F)cc2)cc(C)n2nc(CCl)nc12. The highest BCUT2D eigenvalue weighted by Gasteiger charge is 2.22. The zero-order valence-corrected chi connectivity index (χ0v) is 13.3. The van der Waals surface area contributed by atoms with Crippen LogP contribution in [0.3, 0.4) is 0 Å². The normalized spacial score (nSPS) is 11.0. The molecule has 0 bridgehead atoms. The summed E-state index contributed by atoms with van der Waals surface area (Å²) in [6.07, 6.45) is 0. The second-order valence-electron chi connectivity index (χ2n) is 4.97. The number of methoxy groups -OCH3 is 1. The molecule has 0 radical (unpaired) electrons. The molecular weight excluding hydrogens is 321 g/mol. The van der Waals surface area contributed by atoms with Crippen LogP contribution >= 0.6 is 11.6 Å². The van der Waals surface area contributed by atoms with Crippen LogP contribution in [0.25, 0.3) is 16.8 Å². The molecule has 2 aromatic heterocycles. The predicted octanol–water partition coefficient (Wildman–Crippen LogP) is 3.37. The maximum Gasteiger partial charge on any atom is 0.342 e. The monoisotopic (exact) mass is 333 g/mol. The molecule has 0 atom stereocenters. The molecule has 0 aliphatic heterocycles. The third-order valence-electron chi connectivity index (χ3n) is 3.50. The van der Waals surface area contributed by atoms with Crippen molar-refractivity contribution in [1.82, 2.24) is 14.6 Å². The van der Waals surface area contributed by atoms with Crippen molar-refractivity contribution < 1.29 is 13.9 Å². The first-order valence-electron chi connectivity index (χ1n) is 6.84. The maximum atomic E-state index is 13.2. The topological polar surface area (TPSA) is 56.5 Å². The highest BCUT2D eigenvalue weighted by atomic mass is 35.5. The number of nitrogens with zero attached hydrogens (tertiary/aromatic N) is 3. The van der Waals surface area contributed by atoms with E-state index in [0.717, 1.165) is 5.69 Å². The molecule has 2 heterocycles. The molecule has 1 aromatic carbocycles. The van der Waals surface area contributed by atoms with E-state index < -0.39 is 5.97 Å². The van der Waals surface area contributed by atoms with Gasteiger partial charge in [0.05, 0.1) is 13.0 Å². The Hall–Kier alpha value is -2.47. The summed E-state index contributed by atoms with van der Waals surface area (Å²) < 4.78 is 19.6. The third kappa shape index (κ3) is 2.66. The van der Waals surface area contributed by atoms with Crippen LogP contribution in [0.15, 0.2) is 30.3 Å². The van der Waals surface area contributed by atoms with Crippen LogP contribution in [0, 0.1) is 12.7 Å². The van der Waals surface area contributed by atoms with Gasteiger partial charge in [0.15, 0.2) is 11.5 Å². The average molecular weight is 334 g/mol. The van der Waals surface area contributed by atoms with E-state index in [-0.39, 0.29) is 17.3 Å². The number of carbonyl (C=O) groups excluding carboxylic acids is 1. The Morgan fingerprint density at radius 2 is 2.04 bits per heavy atom. The lowest BCUT2D eigenvalue weighted by Crippen LogP contribution is -2.09. The van der Waals surface area contributed by atoms with E-state index >= 15 is 0 Å². The first-order valence-corrected chi connectivity index (χ1v) is 7.38. The van der Waals surface area contributed by atoms with Gasteiger partial charge in [0, 0.05) is 11.3 Å². The summed E-state index contributed by atoms with van der Waals surface area (Å²) in [5.74, 6) is -0.342. The van der Waals surface area contributed by atoms with E-state index in [1.807, 2.05) is 6.92 Å². The Balaban J connectivity index is 2.36. The van der Waals surface area contributed by atoms with Gasteiger partial charge in [-0.25, -0.2) is 18.7 Å². The highest BCUT2D eigenvalue weighted by Crippen LogP contribution is 2.29. The van der Waals surface area contributed by atoms with Gasteiger partial charge in [-0.15, -0.1) is 16.7 Å². The number of alkyl halides is 1. The molecule has 0 aliphatic rings. The molecule has 118 valence electrons. The van der Waals surface area contributed by atoms with Crippen molar-refractivity contribution in [3.8, 4) is 11.1 Å². The van der Waals surface area contributed by atoms with E-state index in [0.29, 0.717) is 22.6 Å². The standard InChI is InChI=1S/C16H13ClFN3O2/c1-9-7-12(10-3-5-11(18)6-4-10)14(16(22)23-2)15-19-13(8-17)20-21(9)15/h3-7H,8H2,1-2H3. The van der Waals surface area contributed by atoms with Crippen molar-refractivity contribution in [1.29, 1.82) is 0 Å². The number of pyridine rings is 1. The lowest BCUT2D eigenvalue weighted by molar-refractivity contribution is 0.0603. The minimum Gasteiger partial charge on any atom is -0.465 e. The van der Waals surface area contributed by atoms with Gasteiger partial charge in [0.1, 0.15) is 11.4 Å². The Morgan fingerprint density at radius 1 is 1.35 bits per heavy atom. The van der Waals surface area contributed by atoms with E-state index in [4.69, 9.17) is 16.3 Å². The summed E-state index contributed by atoms with van der Waals surface area (Å²) in [5.41, 5.74) is 2.71. The summed E-state index contributed by atoms with van der Waals surface area (Å²) in [6.45, 7) is 1.84. The third-order valence-corrected chi connectivity index (χ3v) is 3.73. The molecule has 0 fully saturated rings.